The molecule has 0 bridgehead atoms. The summed E-state index contributed by atoms with van der Waals surface area (Å²) in [7, 11) is 0. The number of likely N-dealkylation sites (tertiary alicyclic amines) is 1. The van der Waals surface area contributed by atoms with E-state index in [-0.39, 0.29) is 11.8 Å². The van der Waals surface area contributed by atoms with Crippen molar-refractivity contribution in [1.82, 2.24) is 4.90 Å². The number of carbonyl (C=O) groups is 2. The van der Waals surface area contributed by atoms with Crippen molar-refractivity contribution in [3.8, 4) is 0 Å². The average molecular weight is 466 g/mol. The van der Waals surface area contributed by atoms with Crippen molar-refractivity contribution in [2.45, 2.75) is 19.8 Å². The van der Waals surface area contributed by atoms with Gasteiger partial charge in [0.05, 0.1) is 11.3 Å². The van der Waals surface area contributed by atoms with Gasteiger partial charge in [-0.2, -0.15) is 0 Å². The summed E-state index contributed by atoms with van der Waals surface area (Å²) in [5.74, 6) is -0.351. The van der Waals surface area contributed by atoms with Crippen molar-refractivity contribution in [3.63, 3.8) is 0 Å². The summed E-state index contributed by atoms with van der Waals surface area (Å²) in [6, 6.07) is 10.7. The fourth-order valence-corrected chi connectivity index (χ4v) is 3.63. The van der Waals surface area contributed by atoms with Gasteiger partial charge in [0.15, 0.2) is 0 Å². The minimum absolute atomic E-state index is 0.0653. The molecule has 1 fully saturated rings. The van der Waals surface area contributed by atoms with Gasteiger partial charge >= 0.3 is 0 Å². The number of hydrogen-bond donors (Lipinski definition) is 1. The lowest BCUT2D eigenvalue weighted by atomic mass is 9.99. The largest absolute Gasteiger partial charge is 0.338 e. The first-order valence-corrected chi connectivity index (χ1v) is 9.67. The third kappa shape index (κ3) is 4.41. The second-order valence-corrected chi connectivity index (χ2v) is 7.90. The number of carbonyl (C=O) groups excluding carboxylic acids is 2. The van der Waals surface area contributed by atoms with Crippen LogP contribution in [0.1, 0.15) is 40.5 Å². The van der Waals surface area contributed by atoms with Crippen LogP contribution in [0, 0.1) is 15.3 Å². The molecule has 0 unspecified atom stereocenters. The standard InChI is InChI=1S/C20H20FIN2O2/c1-13-3-2-10-24(12-13)20(26)17-11-16(22)8-9-18(17)23-19(25)14-4-6-15(21)7-5-14/h4-9,11,13H,2-3,10,12H2,1H3,(H,23,25)/t13-/m1/s1. The van der Waals surface area contributed by atoms with Gasteiger partial charge in [-0.15, -0.1) is 0 Å². The number of benzene rings is 2. The molecular formula is C20H20FIN2O2. The van der Waals surface area contributed by atoms with Crippen molar-refractivity contribution >= 4 is 40.1 Å². The Morgan fingerprint density at radius 3 is 2.62 bits per heavy atom. The molecule has 26 heavy (non-hydrogen) atoms. The number of nitrogens with zero attached hydrogens (tertiary/aromatic N) is 1. The lowest BCUT2D eigenvalue weighted by Crippen LogP contribution is -2.39. The molecule has 3 rings (SSSR count). The fraction of sp³-hybridized carbons (Fsp3) is 0.300. The molecule has 4 nitrogen and oxygen atoms in total. The van der Waals surface area contributed by atoms with Crippen molar-refractivity contribution in [2.24, 2.45) is 5.92 Å². The van der Waals surface area contributed by atoms with Gasteiger partial charge in [0.25, 0.3) is 11.8 Å². The zero-order chi connectivity index (χ0) is 18.7. The Bertz CT molecular complexity index is 823. The minimum atomic E-state index is -0.397. The summed E-state index contributed by atoms with van der Waals surface area (Å²) >= 11 is 2.15. The highest BCUT2D eigenvalue weighted by atomic mass is 127. The monoisotopic (exact) mass is 466 g/mol. The summed E-state index contributed by atoms with van der Waals surface area (Å²) < 4.78 is 14.0. The predicted molar refractivity (Wildman–Crippen MR) is 108 cm³/mol. The van der Waals surface area contributed by atoms with Gasteiger partial charge < -0.3 is 10.2 Å². The molecule has 2 aromatic carbocycles. The third-order valence-corrected chi connectivity index (χ3v) is 5.18. The van der Waals surface area contributed by atoms with E-state index in [4.69, 9.17) is 0 Å². The molecule has 6 heteroatoms. The molecule has 1 heterocycles. The number of hydrogen-bond acceptors (Lipinski definition) is 2. The number of nitrogens with one attached hydrogen (secondary N) is 1. The lowest BCUT2D eigenvalue weighted by Gasteiger charge is -2.31. The van der Waals surface area contributed by atoms with Gasteiger partial charge in [-0.3, -0.25) is 9.59 Å². The Morgan fingerprint density at radius 2 is 1.92 bits per heavy atom. The molecule has 0 aliphatic carbocycles. The van der Waals surface area contributed by atoms with E-state index in [9.17, 15) is 14.0 Å². The minimum Gasteiger partial charge on any atom is -0.338 e. The molecule has 0 aromatic heterocycles. The van der Waals surface area contributed by atoms with E-state index in [1.54, 1.807) is 12.1 Å². The Morgan fingerprint density at radius 1 is 1.19 bits per heavy atom. The van der Waals surface area contributed by atoms with Crippen LogP contribution in [-0.2, 0) is 0 Å². The molecule has 136 valence electrons. The third-order valence-electron chi connectivity index (χ3n) is 4.51. The molecule has 1 atom stereocenters. The van der Waals surface area contributed by atoms with E-state index in [0.717, 1.165) is 29.5 Å². The Labute approximate surface area is 165 Å². The first-order valence-electron chi connectivity index (χ1n) is 8.60. The van der Waals surface area contributed by atoms with Crippen LogP contribution in [0.25, 0.3) is 0 Å². The van der Waals surface area contributed by atoms with Crippen LogP contribution in [0.4, 0.5) is 10.1 Å². The number of amides is 2. The SMILES string of the molecule is C[C@@H]1CCCN(C(=O)c2cc(I)ccc2NC(=O)c2ccc(F)cc2)C1. The van der Waals surface area contributed by atoms with E-state index in [0.29, 0.717) is 22.7 Å². The maximum Gasteiger partial charge on any atom is 0.256 e. The lowest BCUT2D eigenvalue weighted by molar-refractivity contribution is 0.0684. The molecular weight excluding hydrogens is 446 g/mol. The van der Waals surface area contributed by atoms with E-state index in [1.165, 1.54) is 24.3 Å². The highest BCUT2D eigenvalue weighted by molar-refractivity contribution is 14.1. The predicted octanol–water partition coefficient (Wildman–Crippen LogP) is 4.55. The Balaban J connectivity index is 1.84. The average Bonchev–Trinajstić information content (AvgIpc) is 2.63. The number of rotatable bonds is 3. The number of anilines is 1. The van der Waals surface area contributed by atoms with Gasteiger partial charge in [-0.05, 0) is 83.8 Å². The van der Waals surface area contributed by atoms with Crippen molar-refractivity contribution in [2.75, 3.05) is 18.4 Å². The van der Waals surface area contributed by atoms with Gasteiger partial charge in [-0.25, -0.2) is 4.39 Å². The second kappa shape index (κ2) is 8.16. The summed E-state index contributed by atoms with van der Waals surface area (Å²) in [4.78, 5) is 27.3. The molecule has 0 saturated carbocycles. The highest BCUT2D eigenvalue weighted by Gasteiger charge is 2.24. The van der Waals surface area contributed by atoms with E-state index in [1.807, 2.05) is 11.0 Å². The van der Waals surface area contributed by atoms with Gasteiger partial charge in [0.2, 0.25) is 0 Å². The van der Waals surface area contributed by atoms with Crippen LogP contribution in [0.3, 0.4) is 0 Å². The second-order valence-electron chi connectivity index (χ2n) is 6.65. The van der Waals surface area contributed by atoms with Crippen LogP contribution in [0.2, 0.25) is 0 Å². The fourth-order valence-electron chi connectivity index (χ4n) is 3.14. The van der Waals surface area contributed by atoms with Crippen LogP contribution in [0.15, 0.2) is 42.5 Å². The number of halogens is 2. The summed E-state index contributed by atoms with van der Waals surface area (Å²) in [5, 5.41) is 2.79. The van der Waals surface area contributed by atoms with Gasteiger partial charge in [-0.1, -0.05) is 6.92 Å². The maximum absolute atomic E-state index is 13.0. The topological polar surface area (TPSA) is 49.4 Å². The normalized spacial score (nSPS) is 17.0. The molecule has 1 saturated heterocycles. The van der Waals surface area contributed by atoms with E-state index >= 15 is 0 Å². The first-order chi connectivity index (χ1) is 12.4. The van der Waals surface area contributed by atoms with Crippen LogP contribution >= 0.6 is 22.6 Å². The molecule has 0 spiro atoms. The zero-order valence-corrected chi connectivity index (χ0v) is 16.6. The Hall–Kier alpha value is -1.96. The van der Waals surface area contributed by atoms with Crippen LogP contribution in [0.5, 0.6) is 0 Å². The molecule has 0 radical (unpaired) electrons. The molecule has 2 amide bonds. The van der Waals surface area contributed by atoms with Crippen molar-refractivity contribution in [1.29, 1.82) is 0 Å². The Kier molecular flexibility index (Phi) is 5.90. The quantitative estimate of drug-likeness (QED) is 0.675. The molecule has 1 aliphatic heterocycles. The molecule has 1 aliphatic rings. The van der Waals surface area contributed by atoms with Gasteiger partial charge in [0.1, 0.15) is 5.82 Å². The van der Waals surface area contributed by atoms with E-state index in [2.05, 4.69) is 34.8 Å². The first kappa shape index (κ1) is 18.8. The van der Waals surface area contributed by atoms with Gasteiger partial charge in [0, 0.05) is 22.2 Å². The molecule has 1 N–H and O–H groups in total. The van der Waals surface area contributed by atoms with Crippen molar-refractivity contribution < 1.29 is 14.0 Å². The van der Waals surface area contributed by atoms with E-state index < -0.39 is 5.82 Å². The smallest absolute Gasteiger partial charge is 0.256 e. The summed E-state index contributed by atoms with van der Waals surface area (Å²) in [6.45, 7) is 3.61. The summed E-state index contributed by atoms with van der Waals surface area (Å²) in [6.07, 6.45) is 2.12. The van der Waals surface area contributed by atoms with Crippen LogP contribution < -0.4 is 5.32 Å². The maximum atomic E-state index is 13.0. The van der Waals surface area contributed by atoms with Crippen molar-refractivity contribution in [3.05, 3.63) is 63.0 Å². The van der Waals surface area contributed by atoms with Crippen LogP contribution in [-0.4, -0.2) is 29.8 Å². The number of piperidine rings is 1. The zero-order valence-electron chi connectivity index (χ0n) is 14.5. The summed E-state index contributed by atoms with van der Waals surface area (Å²) in [5.41, 5.74) is 1.30. The molecule has 2 aromatic rings. The highest BCUT2D eigenvalue weighted by Crippen LogP contribution is 2.24.